The van der Waals surface area contributed by atoms with Crippen molar-refractivity contribution >= 4 is 22.9 Å². The number of rotatable bonds is 4. The maximum absolute atomic E-state index is 5.64. The van der Waals surface area contributed by atoms with Gasteiger partial charge in [-0.15, -0.1) is 11.3 Å². The molecule has 0 aliphatic carbocycles. The highest BCUT2D eigenvalue weighted by molar-refractivity contribution is 7.11. The fraction of sp³-hybridized carbons (Fsp3) is 0.444. The molecule has 4 heteroatoms. The molecule has 1 aromatic rings. The van der Waals surface area contributed by atoms with Crippen LogP contribution < -0.4 is 5.32 Å². The molecule has 72 valence electrons. The number of nitrogens with zero attached hydrogens (tertiary/aromatic N) is 1. The van der Waals surface area contributed by atoms with Crippen molar-refractivity contribution in [1.82, 2.24) is 10.3 Å². The van der Waals surface area contributed by atoms with Gasteiger partial charge < -0.3 is 5.32 Å². The van der Waals surface area contributed by atoms with Gasteiger partial charge in [0.25, 0.3) is 0 Å². The summed E-state index contributed by atoms with van der Waals surface area (Å²) in [7, 11) is 0. The standard InChI is InChI=1S/C9H13ClN2S/c1-6(10)4-11-8(3)9-12-5-7(2)13-9/h5,8,11H,1,4H2,2-3H3. The lowest BCUT2D eigenvalue weighted by Crippen LogP contribution is -2.19. The molecule has 2 nitrogen and oxygen atoms in total. The lowest BCUT2D eigenvalue weighted by atomic mass is 10.3. The molecule has 0 aliphatic heterocycles. The molecule has 0 aliphatic rings. The van der Waals surface area contributed by atoms with Gasteiger partial charge in [0.2, 0.25) is 0 Å². The zero-order valence-corrected chi connectivity index (χ0v) is 9.37. The number of halogens is 1. The van der Waals surface area contributed by atoms with E-state index in [-0.39, 0.29) is 6.04 Å². The van der Waals surface area contributed by atoms with Crippen LogP contribution in [0.4, 0.5) is 0 Å². The smallest absolute Gasteiger partial charge is 0.109 e. The zero-order chi connectivity index (χ0) is 9.84. The first kappa shape index (κ1) is 10.7. The van der Waals surface area contributed by atoms with Gasteiger partial charge in [-0.2, -0.15) is 0 Å². The highest BCUT2D eigenvalue weighted by atomic mass is 35.5. The molecular formula is C9H13ClN2S. The van der Waals surface area contributed by atoms with Gasteiger partial charge in [-0.1, -0.05) is 18.2 Å². The van der Waals surface area contributed by atoms with E-state index >= 15 is 0 Å². The van der Waals surface area contributed by atoms with E-state index in [1.54, 1.807) is 11.3 Å². The number of hydrogen-bond acceptors (Lipinski definition) is 3. The molecular weight excluding hydrogens is 204 g/mol. The van der Waals surface area contributed by atoms with E-state index in [9.17, 15) is 0 Å². The van der Waals surface area contributed by atoms with Crippen molar-refractivity contribution in [1.29, 1.82) is 0 Å². The third-order valence-electron chi connectivity index (χ3n) is 1.61. The summed E-state index contributed by atoms with van der Waals surface area (Å²) >= 11 is 7.34. The van der Waals surface area contributed by atoms with E-state index in [1.165, 1.54) is 4.88 Å². The predicted molar refractivity (Wildman–Crippen MR) is 58.3 cm³/mol. The Hall–Kier alpha value is -0.380. The van der Waals surface area contributed by atoms with Gasteiger partial charge in [-0.25, -0.2) is 4.98 Å². The van der Waals surface area contributed by atoms with E-state index in [0.717, 1.165) is 5.01 Å². The molecule has 1 aromatic heterocycles. The van der Waals surface area contributed by atoms with Crippen LogP contribution in [-0.4, -0.2) is 11.5 Å². The van der Waals surface area contributed by atoms with Crippen LogP contribution in [0.1, 0.15) is 22.9 Å². The second-order valence-electron chi connectivity index (χ2n) is 2.93. The Morgan fingerprint density at radius 1 is 1.85 bits per heavy atom. The van der Waals surface area contributed by atoms with Crippen molar-refractivity contribution < 1.29 is 0 Å². The Bertz CT molecular complexity index is 296. The topological polar surface area (TPSA) is 24.9 Å². The average molecular weight is 217 g/mol. The van der Waals surface area contributed by atoms with E-state index in [4.69, 9.17) is 11.6 Å². The van der Waals surface area contributed by atoms with Crippen molar-refractivity contribution in [2.45, 2.75) is 19.9 Å². The molecule has 0 bridgehead atoms. The Balaban J connectivity index is 2.48. The van der Waals surface area contributed by atoms with Gasteiger partial charge in [0.1, 0.15) is 5.01 Å². The molecule has 0 saturated carbocycles. The number of nitrogens with one attached hydrogen (secondary N) is 1. The molecule has 13 heavy (non-hydrogen) atoms. The molecule has 1 rings (SSSR count). The lowest BCUT2D eigenvalue weighted by molar-refractivity contribution is 0.611. The second kappa shape index (κ2) is 4.74. The zero-order valence-electron chi connectivity index (χ0n) is 7.80. The maximum atomic E-state index is 5.64. The minimum atomic E-state index is 0.245. The van der Waals surface area contributed by atoms with Gasteiger partial charge in [-0.05, 0) is 13.8 Å². The van der Waals surface area contributed by atoms with Crippen LogP contribution in [0.2, 0.25) is 0 Å². The SMILES string of the molecule is C=C(Cl)CNC(C)c1ncc(C)s1. The van der Waals surface area contributed by atoms with E-state index < -0.39 is 0 Å². The summed E-state index contributed by atoms with van der Waals surface area (Å²) < 4.78 is 0. The van der Waals surface area contributed by atoms with E-state index in [2.05, 4.69) is 23.8 Å². The van der Waals surface area contributed by atoms with Crippen molar-refractivity contribution in [2.24, 2.45) is 0 Å². The third kappa shape index (κ3) is 3.46. The van der Waals surface area contributed by atoms with Crippen LogP contribution in [0.25, 0.3) is 0 Å². The van der Waals surface area contributed by atoms with Crippen molar-refractivity contribution in [3.05, 3.63) is 27.7 Å². The number of aromatic nitrogens is 1. The Kier molecular flexibility index (Phi) is 3.90. The van der Waals surface area contributed by atoms with Crippen LogP contribution in [0, 0.1) is 6.92 Å². The van der Waals surface area contributed by atoms with Crippen LogP contribution in [0.5, 0.6) is 0 Å². The minimum Gasteiger partial charge on any atom is -0.303 e. The number of thiazole rings is 1. The highest BCUT2D eigenvalue weighted by Crippen LogP contribution is 2.18. The van der Waals surface area contributed by atoms with Crippen LogP contribution in [-0.2, 0) is 0 Å². The molecule has 0 radical (unpaired) electrons. The van der Waals surface area contributed by atoms with Gasteiger partial charge in [0, 0.05) is 22.7 Å². The summed E-state index contributed by atoms with van der Waals surface area (Å²) in [5.74, 6) is 0. The van der Waals surface area contributed by atoms with Crippen molar-refractivity contribution in [3.8, 4) is 0 Å². The average Bonchev–Trinajstić information content (AvgIpc) is 2.47. The Morgan fingerprint density at radius 2 is 2.54 bits per heavy atom. The third-order valence-corrected chi connectivity index (χ3v) is 2.84. The molecule has 0 fully saturated rings. The van der Waals surface area contributed by atoms with Gasteiger partial charge in [-0.3, -0.25) is 0 Å². The molecule has 0 spiro atoms. The van der Waals surface area contributed by atoms with Crippen molar-refractivity contribution in [3.63, 3.8) is 0 Å². The fourth-order valence-electron chi connectivity index (χ4n) is 0.924. The molecule has 0 amide bonds. The molecule has 1 N–H and O–H groups in total. The predicted octanol–water partition coefficient (Wildman–Crippen LogP) is 2.85. The summed E-state index contributed by atoms with van der Waals surface area (Å²) in [6.45, 7) is 8.36. The first-order chi connectivity index (χ1) is 6.09. The number of hydrogen-bond donors (Lipinski definition) is 1. The molecule has 0 aromatic carbocycles. The Morgan fingerprint density at radius 3 is 3.00 bits per heavy atom. The quantitative estimate of drug-likeness (QED) is 0.838. The Labute approximate surface area is 87.6 Å². The van der Waals surface area contributed by atoms with Gasteiger partial charge in [0.15, 0.2) is 0 Å². The molecule has 1 heterocycles. The van der Waals surface area contributed by atoms with Gasteiger partial charge >= 0.3 is 0 Å². The van der Waals surface area contributed by atoms with E-state index in [1.807, 2.05) is 13.1 Å². The number of aryl methyl sites for hydroxylation is 1. The first-order valence-corrected chi connectivity index (χ1v) is 5.28. The fourth-order valence-corrected chi connectivity index (χ4v) is 1.80. The summed E-state index contributed by atoms with van der Waals surface area (Å²) in [5.41, 5.74) is 0. The molecule has 1 atom stereocenters. The summed E-state index contributed by atoms with van der Waals surface area (Å²) in [5, 5.41) is 4.95. The van der Waals surface area contributed by atoms with E-state index in [0.29, 0.717) is 11.6 Å². The van der Waals surface area contributed by atoms with Crippen LogP contribution in [0.15, 0.2) is 17.8 Å². The lowest BCUT2D eigenvalue weighted by Gasteiger charge is -2.09. The van der Waals surface area contributed by atoms with Crippen molar-refractivity contribution in [2.75, 3.05) is 6.54 Å². The monoisotopic (exact) mass is 216 g/mol. The first-order valence-electron chi connectivity index (χ1n) is 4.08. The second-order valence-corrected chi connectivity index (χ2v) is 4.73. The molecule has 1 unspecified atom stereocenters. The maximum Gasteiger partial charge on any atom is 0.109 e. The summed E-state index contributed by atoms with van der Waals surface area (Å²) in [6.07, 6.45) is 1.88. The minimum absolute atomic E-state index is 0.245. The normalized spacial score (nSPS) is 12.8. The van der Waals surface area contributed by atoms with Crippen LogP contribution >= 0.6 is 22.9 Å². The van der Waals surface area contributed by atoms with Gasteiger partial charge in [0.05, 0.1) is 6.04 Å². The largest absolute Gasteiger partial charge is 0.303 e. The van der Waals surface area contributed by atoms with Crippen LogP contribution in [0.3, 0.4) is 0 Å². The summed E-state index contributed by atoms with van der Waals surface area (Å²) in [4.78, 5) is 5.51. The molecule has 0 saturated heterocycles. The highest BCUT2D eigenvalue weighted by Gasteiger charge is 2.07. The summed E-state index contributed by atoms with van der Waals surface area (Å²) in [6, 6.07) is 0.245.